The maximum absolute atomic E-state index is 11.5. The van der Waals surface area contributed by atoms with E-state index in [0.717, 1.165) is 11.7 Å². The Morgan fingerprint density at radius 2 is 2.17 bits per heavy atom. The van der Waals surface area contributed by atoms with Crippen molar-refractivity contribution in [2.24, 2.45) is 0 Å². The molecule has 1 aromatic heterocycles. The Kier molecular flexibility index (Phi) is 4.07. The van der Waals surface area contributed by atoms with E-state index >= 15 is 0 Å². The van der Waals surface area contributed by atoms with Gasteiger partial charge in [0.2, 0.25) is 0 Å². The molecule has 0 aromatic carbocycles. The number of aliphatic hydroxyl groups is 1. The molecule has 0 saturated carbocycles. The maximum Gasteiger partial charge on any atom is 0.339 e. The van der Waals surface area contributed by atoms with Crippen LogP contribution in [0.5, 0.6) is 0 Å². The van der Waals surface area contributed by atoms with Crippen LogP contribution < -0.4 is 11.2 Å². The fourth-order valence-electron chi connectivity index (χ4n) is 1.54. The Balaban J connectivity index is 3.16. The molecule has 1 unspecified atom stereocenters. The number of H-pyrrole nitrogens is 1. The molecule has 1 atom stereocenters. The summed E-state index contributed by atoms with van der Waals surface area (Å²) < 4.78 is 5.51. The highest BCUT2D eigenvalue weighted by atomic mass is 16.5. The van der Waals surface area contributed by atoms with Crippen LogP contribution >= 0.6 is 0 Å². The standard InChI is InChI=1S/C11H16N2O5/c1-4-7-5-13(10(16)12-8(7)14)6-11(2,17)9(15)18-3/h5,17H,4,6H2,1-3H3,(H,12,14,16). The van der Waals surface area contributed by atoms with Crippen LogP contribution in [0.15, 0.2) is 15.8 Å². The average Bonchev–Trinajstić information content (AvgIpc) is 2.31. The van der Waals surface area contributed by atoms with E-state index in [-0.39, 0.29) is 6.54 Å². The van der Waals surface area contributed by atoms with Gasteiger partial charge in [-0.25, -0.2) is 9.59 Å². The van der Waals surface area contributed by atoms with Gasteiger partial charge in [0, 0.05) is 11.8 Å². The Morgan fingerprint density at radius 1 is 1.56 bits per heavy atom. The highest BCUT2D eigenvalue weighted by Gasteiger charge is 2.32. The number of aromatic nitrogens is 2. The number of nitrogens with zero attached hydrogens (tertiary/aromatic N) is 1. The first kappa shape index (κ1) is 14.2. The molecule has 0 amide bonds. The number of methoxy groups -OCH3 is 1. The number of ether oxygens (including phenoxy) is 1. The zero-order valence-corrected chi connectivity index (χ0v) is 10.5. The van der Waals surface area contributed by atoms with Gasteiger partial charge in [-0.2, -0.15) is 0 Å². The third-order valence-electron chi connectivity index (χ3n) is 2.57. The molecule has 1 heterocycles. The topological polar surface area (TPSA) is 101 Å². The number of aryl methyl sites for hydroxylation is 1. The van der Waals surface area contributed by atoms with Crippen LogP contribution in [0.3, 0.4) is 0 Å². The molecule has 0 aliphatic carbocycles. The molecule has 0 radical (unpaired) electrons. The molecular formula is C11H16N2O5. The van der Waals surface area contributed by atoms with E-state index in [1.54, 1.807) is 6.92 Å². The van der Waals surface area contributed by atoms with Crippen molar-refractivity contribution in [1.82, 2.24) is 9.55 Å². The predicted molar refractivity (Wildman–Crippen MR) is 63.3 cm³/mol. The smallest absolute Gasteiger partial charge is 0.339 e. The van der Waals surface area contributed by atoms with Crippen molar-refractivity contribution in [3.8, 4) is 0 Å². The highest BCUT2D eigenvalue weighted by molar-refractivity contribution is 5.78. The number of esters is 1. The van der Waals surface area contributed by atoms with Gasteiger partial charge in [-0.1, -0.05) is 6.92 Å². The minimum absolute atomic E-state index is 0.289. The van der Waals surface area contributed by atoms with Gasteiger partial charge >= 0.3 is 11.7 Å². The second-order valence-corrected chi connectivity index (χ2v) is 4.16. The van der Waals surface area contributed by atoms with Crippen LogP contribution in [0, 0.1) is 0 Å². The molecule has 2 N–H and O–H groups in total. The van der Waals surface area contributed by atoms with Crippen molar-refractivity contribution in [1.29, 1.82) is 0 Å². The van der Waals surface area contributed by atoms with E-state index in [4.69, 9.17) is 0 Å². The summed E-state index contributed by atoms with van der Waals surface area (Å²) in [6, 6.07) is 0. The van der Waals surface area contributed by atoms with Crippen molar-refractivity contribution in [2.45, 2.75) is 32.4 Å². The van der Waals surface area contributed by atoms with Gasteiger partial charge in [-0.05, 0) is 13.3 Å². The van der Waals surface area contributed by atoms with Crippen molar-refractivity contribution >= 4 is 5.97 Å². The molecule has 0 bridgehead atoms. The number of hydrogen-bond acceptors (Lipinski definition) is 5. The van der Waals surface area contributed by atoms with Gasteiger partial charge in [0.25, 0.3) is 5.56 Å². The van der Waals surface area contributed by atoms with Crippen LogP contribution in [-0.4, -0.2) is 33.3 Å². The zero-order chi connectivity index (χ0) is 13.9. The zero-order valence-electron chi connectivity index (χ0n) is 10.5. The highest BCUT2D eigenvalue weighted by Crippen LogP contribution is 2.08. The number of carbonyl (C=O) groups excluding carboxylic acids is 1. The molecule has 1 aromatic rings. The van der Waals surface area contributed by atoms with Gasteiger partial charge in [0.05, 0.1) is 13.7 Å². The maximum atomic E-state index is 11.5. The molecule has 7 nitrogen and oxygen atoms in total. The average molecular weight is 256 g/mol. The van der Waals surface area contributed by atoms with E-state index in [1.165, 1.54) is 13.1 Å². The number of hydrogen-bond donors (Lipinski definition) is 2. The minimum atomic E-state index is -1.83. The van der Waals surface area contributed by atoms with Crippen molar-refractivity contribution in [3.05, 3.63) is 32.6 Å². The normalized spacial score (nSPS) is 14.0. The second-order valence-electron chi connectivity index (χ2n) is 4.16. The number of nitrogens with one attached hydrogen (secondary N) is 1. The number of aromatic amines is 1. The Bertz CT molecular complexity index is 555. The van der Waals surface area contributed by atoms with Gasteiger partial charge in [-0.15, -0.1) is 0 Å². The first-order valence-corrected chi connectivity index (χ1v) is 5.45. The summed E-state index contributed by atoms with van der Waals surface area (Å²) in [5, 5.41) is 9.87. The number of rotatable bonds is 4. The third-order valence-corrected chi connectivity index (χ3v) is 2.57. The first-order valence-electron chi connectivity index (χ1n) is 5.45. The lowest BCUT2D eigenvalue weighted by Gasteiger charge is -2.21. The van der Waals surface area contributed by atoms with E-state index in [2.05, 4.69) is 9.72 Å². The van der Waals surface area contributed by atoms with Gasteiger partial charge in [-0.3, -0.25) is 14.3 Å². The van der Waals surface area contributed by atoms with Gasteiger partial charge < -0.3 is 9.84 Å². The quantitative estimate of drug-likeness (QED) is 0.674. The van der Waals surface area contributed by atoms with Crippen LogP contribution in [0.2, 0.25) is 0 Å². The molecule has 7 heteroatoms. The van der Waals surface area contributed by atoms with E-state index in [9.17, 15) is 19.5 Å². The summed E-state index contributed by atoms with van der Waals surface area (Å²) in [6.07, 6.45) is 1.77. The summed E-state index contributed by atoms with van der Waals surface area (Å²) >= 11 is 0. The summed E-state index contributed by atoms with van der Waals surface area (Å²) in [4.78, 5) is 36.3. The largest absolute Gasteiger partial charge is 0.467 e. The van der Waals surface area contributed by atoms with Crippen LogP contribution in [0.4, 0.5) is 0 Å². The summed E-state index contributed by atoms with van der Waals surface area (Å²) in [7, 11) is 1.14. The predicted octanol–water partition coefficient (Wildman–Crippen LogP) is -0.977. The van der Waals surface area contributed by atoms with Crippen molar-refractivity contribution < 1.29 is 14.6 Å². The van der Waals surface area contributed by atoms with Crippen molar-refractivity contribution in [2.75, 3.05) is 7.11 Å². The lowest BCUT2D eigenvalue weighted by atomic mass is 10.1. The lowest BCUT2D eigenvalue weighted by Crippen LogP contribution is -2.44. The van der Waals surface area contributed by atoms with Gasteiger partial charge in [0.1, 0.15) is 0 Å². The molecule has 18 heavy (non-hydrogen) atoms. The van der Waals surface area contributed by atoms with E-state index in [1.807, 2.05) is 0 Å². The molecule has 0 aliphatic rings. The molecule has 0 spiro atoms. The summed E-state index contributed by atoms with van der Waals surface area (Å²) in [5.74, 6) is -0.848. The summed E-state index contributed by atoms with van der Waals surface area (Å²) in [6.45, 7) is 2.71. The molecular weight excluding hydrogens is 240 g/mol. The number of carbonyl (C=O) groups is 1. The molecule has 100 valence electrons. The van der Waals surface area contributed by atoms with Gasteiger partial charge in [0.15, 0.2) is 5.60 Å². The minimum Gasteiger partial charge on any atom is -0.467 e. The van der Waals surface area contributed by atoms with Crippen molar-refractivity contribution in [3.63, 3.8) is 0 Å². The molecule has 0 saturated heterocycles. The lowest BCUT2D eigenvalue weighted by molar-refractivity contribution is -0.161. The molecule has 0 fully saturated rings. The van der Waals surface area contributed by atoms with E-state index < -0.39 is 22.8 Å². The Labute approximate surface area is 103 Å². The first-order chi connectivity index (χ1) is 8.31. The fraction of sp³-hybridized carbons (Fsp3) is 0.545. The van der Waals surface area contributed by atoms with Crippen LogP contribution in [0.25, 0.3) is 0 Å². The van der Waals surface area contributed by atoms with Crippen LogP contribution in [0.1, 0.15) is 19.4 Å². The molecule has 0 aliphatic heterocycles. The SMILES string of the molecule is CCc1cn(CC(C)(O)C(=O)OC)c(=O)[nH]c1=O. The van der Waals surface area contributed by atoms with E-state index in [0.29, 0.717) is 12.0 Å². The second kappa shape index (κ2) is 5.18. The third kappa shape index (κ3) is 2.86. The fourth-order valence-corrected chi connectivity index (χ4v) is 1.54. The monoisotopic (exact) mass is 256 g/mol. The Morgan fingerprint density at radius 3 is 2.67 bits per heavy atom. The summed E-state index contributed by atoms with van der Waals surface area (Å²) in [5.41, 5.74) is -2.57. The molecule has 1 rings (SSSR count). The Hall–Kier alpha value is -1.89. The van der Waals surface area contributed by atoms with Crippen LogP contribution in [-0.2, 0) is 22.5 Å².